The van der Waals surface area contributed by atoms with E-state index in [1.54, 1.807) is 38.3 Å². The van der Waals surface area contributed by atoms with Crippen molar-refractivity contribution in [2.75, 3.05) is 26.2 Å². The van der Waals surface area contributed by atoms with Crippen LogP contribution in [-0.2, 0) is 6.42 Å². The van der Waals surface area contributed by atoms with Crippen molar-refractivity contribution in [1.29, 1.82) is 0 Å². The first-order chi connectivity index (χ1) is 13.1. The molecule has 0 unspecified atom stereocenters. The predicted octanol–water partition coefficient (Wildman–Crippen LogP) is 4.86. The van der Waals surface area contributed by atoms with Crippen molar-refractivity contribution in [3.63, 3.8) is 0 Å². The summed E-state index contributed by atoms with van der Waals surface area (Å²) in [5.74, 6) is 1.05. The van der Waals surface area contributed by atoms with Gasteiger partial charge in [-0.1, -0.05) is 36.4 Å². The summed E-state index contributed by atoms with van der Waals surface area (Å²) in [6.45, 7) is 3.78. The molecule has 0 aromatic heterocycles. The molecule has 4 heteroatoms. The van der Waals surface area contributed by atoms with E-state index in [1.165, 1.54) is 0 Å². The van der Waals surface area contributed by atoms with E-state index in [9.17, 15) is 4.79 Å². The molecule has 4 nitrogen and oxygen atoms in total. The molecule has 0 aliphatic rings. The van der Waals surface area contributed by atoms with Crippen LogP contribution in [0, 0.1) is 0 Å². The van der Waals surface area contributed by atoms with E-state index in [0.717, 1.165) is 22.0 Å². The molecule has 1 amide bonds. The van der Waals surface area contributed by atoms with Gasteiger partial charge in [-0.05, 0) is 41.5 Å². The number of amides is 1. The molecule has 0 aliphatic heterocycles. The lowest BCUT2D eigenvalue weighted by molar-refractivity contribution is 0.0992. The van der Waals surface area contributed by atoms with E-state index in [1.807, 2.05) is 42.5 Å². The third-order valence-electron chi connectivity index (χ3n) is 4.59. The number of fused-ring (bicyclic) bond motifs is 1. The Bertz CT molecular complexity index is 994. The third kappa shape index (κ3) is 3.65. The minimum absolute atomic E-state index is 0.114. The van der Waals surface area contributed by atoms with Crippen molar-refractivity contribution in [3.8, 4) is 11.5 Å². The van der Waals surface area contributed by atoms with Crippen molar-refractivity contribution < 1.29 is 14.3 Å². The van der Waals surface area contributed by atoms with Gasteiger partial charge in [-0.15, -0.1) is 6.58 Å². The summed E-state index contributed by atoms with van der Waals surface area (Å²) in [5.41, 5.74) is 2.24. The largest absolute Gasteiger partial charge is 0.493 e. The van der Waals surface area contributed by atoms with Crippen molar-refractivity contribution in [2.45, 2.75) is 6.42 Å². The summed E-state index contributed by atoms with van der Waals surface area (Å²) in [6.07, 6.45) is 2.36. The van der Waals surface area contributed by atoms with Gasteiger partial charge in [0.2, 0.25) is 0 Å². The Morgan fingerprint density at radius 1 is 1.04 bits per heavy atom. The number of methoxy groups -OCH3 is 2. The van der Waals surface area contributed by atoms with Crippen LogP contribution in [0.5, 0.6) is 11.5 Å². The van der Waals surface area contributed by atoms with Crippen LogP contribution in [0.25, 0.3) is 10.8 Å². The van der Waals surface area contributed by atoms with E-state index in [-0.39, 0.29) is 5.91 Å². The van der Waals surface area contributed by atoms with Gasteiger partial charge in [-0.2, -0.15) is 0 Å². The van der Waals surface area contributed by atoms with E-state index < -0.39 is 0 Å². The van der Waals surface area contributed by atoms with Crippen LogP contribution in [0.1, 0.15) is 15.9 Å². The van der Waals surface area contributed by atoms with Crippen molar-refractivity contribution in [1.82, 2.24) is 0 Å². The highest BCUT2D eigenvalue weighted by Crippen LogP contribution is 2.34. The molecule has 0 N–H and O–H groups in total. The minimum Gasteiger partial charge on any atom is -0.493 e. The number of ether oxygens (including phenoxy) is 2. The average molecular weight is 361 g/mol. The minimum atomic E-state index is -0.114. The van der Waals surface area contributed by atoms with Crippen LogP contribution in [-0.4, -0.2) is 27.2 Å². The fraction of sp³-hybridized carbons (Fsp3) is 0.174. The molecule has 138 valence electrons. The molecule has 0 fully saturated rings. The second kappa shape index (κ2) is 7.96. The molecular weight excluding hydrogens is 338 g/mol. The molecule has 0 bridgehead atoms. The standard InChI is InChI=1S/C23H23NO3/c1-5-8-18-13-19(15-21(26-3)22(18)27-4)23(25)24(2)20-12-11-16-9-6-7-10-17(16)14-20/h5-7,9-15H,1,8H2,2-4H3. The van der Waals surface area contributed by atoms with Gasteiger partial charge in [-0.25, -0.2) is 0 Å². The third-order valence-corrected chi connectivity index (χ3v) is 4.59. The Morgan fingerprint density at radius 2 is 1.78 bits per heavy atom. The zero-order chi connectivity index (χ0) is 19.4. The molecule has 0 saturated carbocycles. The Hall–Kier alpha value is -3.27. The molecule has 0 atom stereocenters. The van der Waals surface area contributed by atoms with Gasteiger partial charge < -0.3 is 14.4 Å². The van der Waals surface area contributed by atoms with E-state index in [4.69, 9.17) is 9.47 Å². The normalized spacial score (nSPS) is 10.5. The quantitative estimate of drug-likeness (QED) is 0.589. The summed E-state index contributed by atoms with van der Waals surface area (Å²) in [4.78, 5) is 14.8. The maximum Gasteiger partial charge on any atom is 0.258 e. The number of hydrogen-bond acceptors (Lipinski definition) is 3. The van der Waals surface area contributed by atoms with Gasteiger partial charge in [0.15, 0.2) is 11.5 Å². The van der Waals surface area contributed by atoms with Crippen LogP contribution in [0.4, 0.5) is 5.69 Å². The lowest BCUT2D eigenvalue weighted by atomic mass is 10.0. The number of hydrogen-bond donors (Lipinski definition) is 0. The second-order valence-corrected chi connectivity index (χ2v) is 6.26. The molecular formula is C23H23NO3. The van der Waals surface area contributed by atoms with E-state index in [0.29, 0.717) is 23.5 Å². The lowest BCUT2D eigenvalue weighted by Gasteiger charge is -2.20. The number of rotatable bonds is 6. The number of benzene rings is 3. The molecule has 0 aliphatic carbocycles. The van der Waals surface area contributed by atoms with Crippen molar-refractivity contribution in [2.24, 2.45) is 0 Å². The first-order valence-corrected chi connectivity index (χ1v) is 8.71. The van der Waals surface area contributed by atoms with Crippen LogP contribution in [0.3, 0.4) is 0 Å². The molecule has 0 spiro atoms. The molecule has 3 rings (SSSR count). The highest BCUT2D eigenvalue weighted by Gasteiger charge is 2.19. The second-order valence-electron chi connectivity index (χ2n) is 6.26. The average Bonchev–Trinajstić information content (AvgIpc) is 2.71. The van der Waals surface area contributed by atoms with Gasteiger partial charge in [-0.3, -0.25) is 4.79 Å². The summed E-state index contributed by atoms with van der Waals surface area (Å²) in [5, 5.41) is 2.23. The molecule has 0 saturated heterocycles. The SMILES string of the molecule is C=CCc1cc(C(=O)N(C)c2ccc3ccccc3c2)cc(OC)c1OC. The van der Waals surface area contributed by atoms with Gasteiger partial charge >= 0.3 is 0 Å². The first kappa shape index (κ1) is 18.5. The van der Waals surface area contributed by atoms with Crippen LogP contribution in [0.2, 0.25) is 0 Å². The number of anilines is 1. The molecule has 0 radical (unpaired) electrons. The Balaban J connectivity index is 2.00. The zero-order valence-corrected chi connectivity index (χ0v) is 15.9. The number of carbonyl (C=O) groups is 1. The fourth-order valence-electron chi connectivity index (χ4n) is 3.17. The maximum absolute atomic E-state index is 13.1. The Morgan fingerprint density at radius 3 is 2.44 bits per heavy atom. The lowest BCUT2D eigenvalue weighted by Crippen LogP contribution is -2.26. The summed E-state index contributed by atoms with van der Waals surface area (Å²) in [7, 11) is 4.93. The summed E-state index contributed by atoms with van der Waals surface area (Å²) < 4.78 is 10.9. The highest BCUT2D eigenvalue weighted by atomic mass is 16.5. The topological polar surface area (TPSA) is 38.8 Å². The summed E-state index contributed by atoms with van der Waals surface area (Å²) >= 11 is 0. The predicted molar refractivity (Wildman–Crippen MR) is 110 cm³/mol. The van der Waals surface area contributed by atoms with Gasteiger partial charge in [0, 0.05) is 23.9 Å². The number of allylic oxidation sites excluding steroid dienone is 1. The summed E-state index contributed by atoms with van der Waals surface area (Å²) in [6, 6.07) is 17.6. The van der Waals surface area contributed by atoms with Crippen LogP contribution < -0.4 is 14.4 Å². The first-order valence-electron chi connectivity index (χ1n) is 8.71. The number of nitrogens with zero attached hydrogens (tertiary/aromatic N) is 1. The number of carbonyl (C=O) groups excluding carboxylic acids is 1. The molecule has 0 heterocycles. The van der Waals surface area contributed by atoms with Gasteiger partial charge in [0.1, 0.15) is 0 Å². The highest BCUT2D eigenvalue weighted by molar-refractivity contribution is 6.07. The molecule has 27 heavy (non-hydrogen) atoms. The van der Waals surface area contributed by atoms with E-state index >= 15 is 0 Å². The molecule has 3 aromatic rings. The van der Waals surface area contributed by atoms with Crippen LogP contribution in [0.15, 0.2) is 67.3 Å². The fourth-order valence-corrected chi connectivity index (χ4v) is 3.17. The Kier molecular flexibility index (Phi) is 5.46. The van der Waals surface area contributed by atoms with E-state index in [2.05, 4.69) is 12.6 Å². The zero-order valence-electron chi connectivity index (χ0n) is 15.9. The monoisotopic (exact) mass is 361 g/mol. The smallest absolute Gasteiger partial charge is 0.258 e. The maximum atomic E-state index is 13.1. The van der Waals surface area contributed by atoms with Crippen LogP contribution >= 0.6 is 0 Å². The van der Waals surface area contributed by atoms with Gasteiger partial charge in [0.05, 0.1) is 14.2 Å². The van der Waals surface area contributed by atoms with Gasteiger partial charge in [0.25, 0.3) is 5.91 Å². The van der Waals surface area contributed by atoms with Crippen molar-refractivity contribution in [3.05, 3.63) is 78.4 Å². The van der Waals surface area contributed by atoms with Crippen molar-refractivity contribution >= 4 is 22.4 Å². The Labute approximate surface area is 159 Å². The molecule has 3 aromatic carbocycles.